The highest BCUT2D eigenvalue weighted by Gasteiger charge is 2.16. The highest BCUT2D eigenvalue weighted by Crippen LogP contribution is 2.20. The summed E-state index contributed by atoms with van der Waals surface area (Å²) in [6.45, 7) is 9.66. The molecule has 0 aliphatic heterocycles. The van der Waals surface area contributed by atoms with Gasteiger partial charge in [-0.25, -0.2) is 4.79 Å². The summed E-state index contributed by atoms with van der Waals surface area (Å²) >= 11 is 0. The molecule has 0 radical (unpaired) electrons. The lowest BCUT2D eigenvalue weighted by atomic mass is 10.0. The van der Waals surface area contributed by atoms with E-state index in [2.05, 4.69) is 5.32 Å². The Labute approximate surface area is 161 Å². The van der Waals surface area contributed by atoms with Crippen LogP contribution in [0.5, 0.6) is 5.75 Å². The predicted octanol–water partition coefficient (Wildman–Crippen LogP) is 5.16. The molecule has 0 saturated carbocycles. The highest BCUT2D eigenvalue weighted by atomic mass is 16.5. The molecular formula is C23H27NO3. The first-order valence-corrected chi connectivity index (χ1v) is 8.90. The maximum Gasteiger partial charge on any atom is 0.342 e. The SMILES string of the molecule is C/C(C(=O)Oc1ccccc1)=C(O)\C=C(/NC(C)(C)C)c1ccc(C)cc1. The zero-order chi connectivity index (χ0) is 20.0. The second-order valence-electron chi connectivity index (χ2n) is 7.51. The van der Waals surface area contributed by atoms with E-state index in [4.69, 9.17) is 4.74 Å². The minimum Gasteiger partial charge on any atom is -0.507 e. The van der Waals surface area contributed by atoms with E-state index >= 15 is 0 Å². The number of allylic oxidation sites excluding steroid dienone is 1. The van der Waals surface area contributed by atoms with Crippen LogP contribution >= 0.6 is 0 Å². The normalized spacial score (nSPS) is 13.0. The Hall–Kier alpha value is -3.01. The number of hydrogen-bond acceptors (Lipinski definition) is 4. The molecule has 2 aromatic carbocycles. The molecule has 0 heterocycles. The fourth-order valence-electron chi connectivity index (χ4n) is 2.35. The van der Waals surface area contributed by atoms with Gasteiger partial charge < -0.3 is 15.2 Å². The van der Waals surface area contributed by atoms with Crippen LogP contribution in [0.2, 0.25) is 0 Å². The van der Waals surface area contributed by atoms with Gasteiger partial charge in [-0.3, -0.25) is 0 Å². The third-order valence-electron chi connectivity index (χ3n) is 3.80. The molecule has 0 unspecified atom stereocenters. The van der Waals surface area contributed by atoms with Crippen molar-refractivity contribution in [2.45, 2.75) is 40.2 Å². The Kier molecular flexibility index (Phi) is 6.45. The first-order chi connectivity index (χ1) is 12.7. The van der Waals surface area contributed by atoms with Gasteiger partial charge in [-0.05, 0) is 52.3 Å². The van der Waals surface area contributed by atoms with Gasteiger partial charge in [0.2, 0.25) is 0 Å². The lowest BCUT2D eigenvalue weighted by Gasteiger charge is -2.25. The number of esters is 1. The van der Waals surface area contributed by atoms with Gasteiger partial charge in [0.1, 0.15) is 11.5 Å². The number of carbonyl (C=O) groups excluding carboxylic acids is 1. The van der Waals surface area contributed by atoms with Crippen molar-refractivity contribution < 1.29 is 14.6 Å². The smallest absolute Gasteiger partial charge is 0.342 e. The molecule has 0 saturated heterocycles. The molecule has 2 aromatic rings. The number of hydrogen-bond donors (Lipinski definition) is 2. The fourth-order valence-corrected chi connectivity index (χ4v) is 2.35. The largest absolute Gasteiger partial charge is 0.507 e. The van der Waals surface area contributed by atoms with E-state index in [-0.39, 0.29) is 16.9 Å². The Balaban J connectivity index is 2.33. The Morgan fingerprint density at radius 3 is 2.19 bits per heavy atom. The predicted molar refractivity (Wildman–Crippen MR) is 109 cm³/mol. The Morgan fingerprint density at radius 1 is 1.04 bits per heavy atom. The van der Waals surface area contributed by atoms with Crippen molar-refractivity contribution >= 4 is 11.7 Å². The van der Waals surface area contributed by atoms with Crippen molar-refractivity contribution in [2.75, 3.05) is 0 Å². The molecule has 0 bridgehead atoms. The summed E-state index contributed by atoms with van der Waals surface area (Å²) in [6, 6.07) is 16.7. The van der Waals surface area contributed by atoms with E-state index in [0.717, 1.165) is 16.8 Å². The van der Waals surface area contributed by atoms with Gasteiger partial charge in [0.25, 0.3) is 0 Å². The molecule has 0 fully saturated rings. The van der Waals surface area contributed by atoms with Crippen molar-refractivity contribution in [1.29, 1.82) is 0 Å². The van der Waals surface area contributed by atoms with Crippen LogP contribution in [-0.4, -0.2) is 16.6 Å². The van der Waals surface area contributed by atoms with Gasteiger partial charge in [0.05, 0.1) is 5.57 Å². The van der Waals surface area contributed by atoms with Gasteiger partial charge in [-0.15, -0.1) is 0 Å². The second-order valence-corrected chi connectivity index (χ2v) is 7.51. The molecule has 0 amide bonds. The molecule has 2 N–H and O–H groups in total. The lowest BCUT2D eigenvalue weighted by molar-refractivity contribution is -0.130. The molecular weight excluding hydrogens is 338 g/mol. The Morgan fingerprint density at radius 2 is 1.63 bits per heavy atom. The van der Waals surface area contributed by atoms with Crippen molar-refractivity contribution in [1.82, 2.24) is 5.32 Å². The van der Waals surface area contributed by atoms with Crippen molar-refractivity contribution in [3.8, 4) is 5.75 Å². The number of benzene rings is 2. The van der Waals surface area contributed by atoms with E-state index < -0.39 is 5.97 Å². The Bertz CT molecular complexity index is 841. The number of aliphatic hydroxyl groups is 1. The maximum absolute atomic E-state index is 12.3. The number of aryl methyl sites for hydroxylation is 1. The molecule has 27 heavy (non-hydrogen) atoms. The molecule has 0 spiro atoms. The van der Waals surface area contributed by atoms with E-state index in [1.165, 1.54) is 0 Å². The van der Waals surface area contributed by atoms with Crippen molar-refractivity contribution in [3.05, 3.63) is 83.1 Å². The van der Waals surface area contributed by atoms with Crippen LogP contribution in [0.3, 0.4) is 0 Å². The summed E-state index contributed by atoms with van der Waals surface area (Å²) in [5.74, 6) is -0.289. The molecule has 0 atom stereocenters. The average molecular weight is 365 g/mol. The number of para-hydroxylation sites is 1. The zero-order valence-electron chi connectivity index (χ0n) is 16.5. The van der Waals surface area contributed by atoms with Gasteiger partial charge in [-0.1, -0.05) is 48.0 Å². The zero-order valence-corrected chi connectivity index (χ0v) is 16.5. The second kappa shape index (κ2) is 8.58. The molecule has 2 rings (SSSR count). The minimum absolute atomic E-state index is 0.136. The fraction of sp³-hybridized carbons (Fsp3) is 0.261. The van der Waals surface area contributed by atoms with Crippen LogP contribution in [0.4, 0.5) is 0 Å². The summed E-state index contributed by atoms with van der Waals surface area (Å²) in [6.07, 6.45) is 1.57. The molecule has 0 aromatic heterocycles. The van der Waals surface area contributed by atoms with E-state index in [1.54, 1.807) is 37.3 Å². The molecule has 4 heteroatoms. The standard InChI is InChI=1S/C23H27NO3/c1-16-11-13-18(14-12-16)20(24-23(3,4)5)15-21(25)17(2)22(26)27-19-9-7-6-8-10-19/h6-15,24-25H,1-5H3/b20-15-,21-17-. The molecule has 0 aliphatic rings. The molecule has 4 nitrogen and oxygen atoms in total. The highest BCUT2D eigenvalue weighted by molar-refractivity contribution is 5.91. The third kappa shape index (κ3) is 6.33. The lowest BCUT2D eigenvalue weighted by Crippen LogP contribution is -2.34. The van der Waals surface area contributed by atoms with Crippen LogP contribution in [0.1, 0.15) is 38.8 Å². The summed E-state index contributed by atoms with van der Waals surface area (Å²) in [5.41, 5.74) is 2.73. The first kappa shape index (κ1) is 20.3. The number of carbonyl (C=O) groups is 1. The summed E-state index contributed by atoms with van der Waals surface area (Å²) in [7, 11) is 0. The van der Waals surface area contributed by atoms with Crippen LogP contribution in [-0.2, 0) is 4.79 Å². The summed E-state index contributed by atoms with van der Waals surface area (Å²) < 4.78 is 5.29. The van der Waals surface area contributed by atoms with E-state index in [1.807, 2.05) is 58.0 Å². The van der Waals surface area contributed by atoms with Crippen LogP contribution in [0.25, 0.3) is 5.70 Å². The van der Waals surface area contributed by atoms with Gasteiger partial charge in [0, 0.05) is 17.3 Å². The minimum atomic E-state index is -0.589. The maximum atomic E-state index is 12.3. The van der Waals surface area contributed by atoms with Crippen molar-refractivity contribution in [3.63, 3.8) is 0 Å². The number of nitrogens with one attached hydrogen (secondary N) is 1. The topological polar surface area (TPSA) is 58.6 Å². The third-order valence-corrected chi connectivity index (χ3v) is 3.80. The van der Waals surface area contributed by atoms with Crippen LogP contribution in [0.15, 0.2) is 72.0 Å². The van der Waals surface area contributed by atoms with E-state index in [0.29, 0.717) is 5.75 Å². The number of ether oxygens (including phenoxy) is 1. The van der Waals surface area contributed by atoms with Gasteiger partial charge in [0.15, 0.2) is 0 Å². The first-order valence-electron chi connectivity index (χ1n) is 8.90. The van der Waals surface area contributed by atoms with Gasteiger partial charge in [-0.2, -0.15) is 0 Å². The van der Waals surface area contributed by atoms with Crippen LogP contribution < -0.4 is 10.1 Å². The number of rotatable bonds is 5. The molecule has 0 aliphatic carbocycles. The average Bonchev–Trinajstić information content (AvgIpc) is 2.60. The monoisotopic (exact) mass is 365 g/mol. The van der Waals surface area contributed by atoms with E-state index in [9.17, 15) is 9.90 Å². The quantitative estimate of drug-likeness (QED) is 0.253. The van der Waals surface area contributed by atoms with Crippen molar-refractivity contribution in [2.24, 2.45) is 0 Å². The summed E-state index contributed by atoms with van der Waals surface area (Å²) in [5, 5.41) is 13.9. The molecule has 142 valence electrons. The van der Waals surface area contributed by atoms with Gasteiger partial charge >= 0.3 is 5.97 Å². The summed E-state index contributed by atoms with van der Waals surface area (Å²) in [4.78, 5) is 12.3. The van der Waals surface area contributed by atoms with Crippen LogP contribution in [0, 0.1) is 6.92 Å². The number of aliphatic hydroxyl groups excluding tert-OH is 1.